The summed E-state index contributed by atoms with van der Waals surface area (Å²) in [6, 6.07) is 8.06. The zero-order chi connectivity index (χ0) is 15.4. The lowest BCUT2D eigenvalue weighted by molar-refractivity contribution is 0.0697. The fraction of sp³-hybridized carbons (Fsp3) is 0.333. The first-order valence-corrected chi connectivity index (χ1v) is 7.44. The third-order valence-electron chi connectivity index (χ3n) is 3.02. The van der Waals surface area contributed by atoms with E-state index in [4.69, 9.17) is 4.74 Å². The first kappa shape index (κ1) is 15.5. The van der Waals surface area contributed by atoms with Crippen molar-refractivity contribution in [2.75, 3.05) is 18.6 Å². The number of aryl methyl sites for hydroxylation is 1. The molecule has 0 fully saturated rings. The Labute approximate surface area is 127 Å². The quantitative estimate of drug-likeness (QED) is 0.885. The standard InChI is InChI=1S/C15H18N2O3S/c1-4-17(11-7-5-6-10(2)8-11)15-16-12(9-20-3)13(21-15)14(18)19/h5-8H,4,9H2,1-3H3,(H,18,19). The van der Waals surface area contributed by atoms with Crippen LogP contribution in [0.15, 0.2) is 24.3 Å². The molecule has 2 aromatic rings. The van der Waals surface area contributed by atoms with Crippen LogP contribution in [0.25, 0.3) is 0 Å². The van der Waals surface area contributed by atoms with Crippen LogP contribution in [0.1, 0.15) is 27.9 Å². The predicted molar refractivity (Wildman–Crippen MR) is 83.6 cm³/mol. The second kappa shape index (κ2) is 6.69. The van der Waals surface area contributed by atoms with Crippen LogP contribution in [0.5, 0.6) is 0 Å². The van der Waals surface area contributed by atoms with Crippen molar-refractivity contribution in [3.05, 3.63) is 40.4 Å². The van der Waals surface area contributed by atoms with Crippen LogP contribution < -0.4 is 4.90 Å². The van der Waals surface area contributed by atoms with Gasteiger partial charge in [0.2, 0.25) is 0 Å². The largest absolute Gasteiger partial charge is 0.477 e. The predicted octanol–water partition coefficient (Wildman–Crippen LogP) is 3.45. The van der Waals surface area contributed by atoms with Crippen molar-refractivity contribution >= 4 is 28.1 Å². The van der Waals surface area contributed by atoms with Gasteiger partial charge in [-0.1, -0.05) is 23.5 Å². The zero-order valence-electron chi connectivity index (χ0n) is 12.3. The number of aromatic nitrogens is 1. The van der Waals surface area contributed by atoms with Gasteiger partial charge < -0.3 is 14.7 Å². The Balaban J connectivity index is 2.43. The summed E-state index contributed by atoms with van der Waals surface area (Å²) < 4.78 is 5.03. The van der Waals surface area contributed by atoms with Gasteiger partial charge in [0.1, 0.15) is 4.88 Å². The number of nitrogens with zero attached hydrogens (tertiary/aromatic N) is 2. The number of rotatable bonds is 6. The third kappa shape index (κ3) is 3.40. The number of benzene rings is 1. The number of carboxylic acids is 1. The number of hydrogen-bond acceptors (Lipinski definition) is 5. The van der Waals surface area contributed by atoms with Gasteiger partial charge in [-0.25, -0.2) is 9.78 Å². The minimum Gasteiger partial charge on any atom is -0.477 e. The van der Waals surface area contributed by atoms with Crippen molar-refractivity contribution in [3.63, 3.8) is 0 Å². The number of aromatic carboxylic acids is 1. The van der Waals surface area contributed by atoms with Crippen molar-refractivity contribution in [2.24, 2.45) is 0 Å². The van der Waals surface area contributed by atoms with Crippen molar-refractivity contribution < 1.29 is 14.6 Å². The maximum atomic E-state index is 11.3. The molecule has 1 aromatic carbocycles. The monoisotopic (exact) mass is 306 g/mol. The van der Waals surface area contributed by atoms with Crippen molar-refractivity contribution in [2.45, 2.75) is 20.5 Å². The highest BCUT2D eigenvalue weighted by Crippen LogP contribution is 2.32. The highest BCUT2D eigenvalue weighted by Gasteiger charge is 2.20. The maximum Gasteiger partial charge on any atom is 0.347 e. The molecule has 1 N–H and O–H groups in total. The van der Waals surface area contributed by atoms with E-state index in [1.54, 1.807) is 0 Å². The fourth-order valence-electron chi connectivity index (χ4n) is 2.08. The van der Waals surface area contributed by atoms with Gasteiger partial charge in [0, 0.05) is 19.3 Å². The first-order valence-electron chi connectivity index (χ1n) is 6.63. The molecule has 0 radical (unpaired) electrons. The molecule has 1 aromatic heterocycles. The van der Waals surface area contributed by atoms with E-state index in [2.05, 4.69) is 11.1 Å². The minimum absolute atomic E-state index is 0.198. The summed E-state index contributed by atoms with van der Waals surface area (Å²) in [5.74, 6) is -0.967. The van der Waals surface area contributed by atoms with E-state index in [0.717, 1.165) is 11.3 Å². The van der Waals surface area contributed by atoms with Gasteiger partial charge in [-0.2, -0.15) is 0 Å². The Hall–Kier alpha value is -1.92. The molecule has 5 nitrogen and oxygen atoms in total. The Morgan fingerprint density at radius 2 is 2.24 bits per heavy atom. The Bertz CT molecular complexity index is 640. The highest BCUT2D eigenvalue weighted by atomic mass is 32.1. The molecule has 1 heterocycles. The van der Waals surface area contributed by atoms with Crippen LogP contribution in [0.4, 0.5) is 10.8 Å². The SMILES string of the molecule is CCN(c1cccc(C)c1)c1nc(COC)c(C(=O)O)s1. The molecule has 0 aliphatic carbocycles. The van der Waals surface area contributed by atoms with Gasteiger partial charge in [-0.15, -0.1) is 0 Å². The summed E-state index contributed by atoms with van der Waals surface area (Å²) in [7, 11) is 1.53. The average Bonchev–Trinajstić information content (AvgIpc) is 2.84. The van der Waals surface area contributed by atoms with E-state index < -0.39 is 5.97 Å². The smallest absolute Gasteiger partial charge is 0.347 e. The number of thiazole rings is 1. The molecule has 0 unspecified atom stereocenters. The maximum absolute atomic E-state index is 11.3. The molecule has 2 rings (SSSR count). The number of carbonyl (C=O) groups is 1. The van der Waals surface area contributed by atoms with E-state index in [9.17, 15) is 9.90 Å². The summed E-state index contributed by atoms with van der Waals surface area (Å²) in [6.07, 6.45) is 0. The van der Waals surface area contributed by atoms with Crippen molar-refractivity contribution in [3.8, 4) is 0 Å². The molecule has 0 atom stereocenters. The summed E-state index contributed by atoms with van der Waals surface area (Å²) >= 11 is 1.18. The van der Waals surface area contributed by atoms with E-state index in [0.29, 0.717) is 17.4 Å². The van der Waals surface area contributed by atoms with E-state index >= 15 is 0 Å². The lowest BCUT2D eigenvalue weighted by Crippen LogP contribution is -2.15. The number of ether oxygens (including phenoxy) is 1. The van der Waals surface area contributed by atoms with Crippen LogP contribution >= 0.6 is 11.3 Å². The van der Waals surface area contributed by atoms with Crippen LogP contribution in [-0.4, -0.2) is 29.7 Å². The molecular formula is C15H18N2O3S. The topological polar surface area (TPSA) is 62.7 Å². The van der Waals surface area contributed by atoms with Gasteiger partial charge in [0.25, 0.3) is 0 Å². The molecule has 0 bridgehead atoms. The lowest BCUT2D eigenvalue weighted by Gasteiger charge is -2.20. The Kier molecular flexibility index (Phi) is 4.93. The molecule has 0 amide bonds. The molecule has 0 aliphatic rings. The molecule has 0 saturated carbocycles. The second-order valence-electron chi connectivity index (χ2n) is 4.59. The Morgan fingerprint density at radius 1 is 1.48 bits per heavy atom. The van der Waals surface area contributed by atoms with E-state index in [1.165, 1.54) is 18.4 Å². The molecule has 6 heteroatoms. The molecule has 112 valence electrons. The summed E-state index contributed by atoms with van der Waals surface area (Å²) in [4.78, 5) is 18.0. The second-order valence-corrected chi connectivity index (χ2v) is 5.57. The van der Waals surface area contributed by atoms with Crippen LogP contribution in [0, 0.1) is 6.92 Å². The van der Waals surface area contributed by atoms with E-state index in [-0.39, 0.29) is 11.5 Å². The molecule has 0 spiro atoms. The minimum atomic E-state index is -0.967. The molecule has 0 saturated heterocycles. The highest BCUT2D eigenvalue weighted by molar-refractivity contribution is 7.17. The average molecular weight is 306 g/mol. The van der Waals surface area contributed by atoms with Crippen molar-refractivity contribution in [1.82, 2.24) is 4.98 Å². The number of methoxy groups -OCH3 is 1. The molecular weight excluding hydrogens is 288 g/mol. The van der Waals surface area contributed by atoms with Gasteiger partial charge >= 0.3 is 5.97 Å². The molecule has 21 heavy (non-hydrogen) atoms. The van der Waals surface area contributed by atoms with Gasteiger partial charge in [-0.3, -0.25) is 0 Å². The lowest BCUT2D eigenvalue weighted by atomic mass is 10.2. The van der Waals surface area contributed by atoms with Crippen molar-refractivity contribution in [1.29, 1.82) is 0 Å². The zero-order valence-corrected chi connectivity index (χ0v) is 13.1. The number of carboxylic acid groups (broad SMARTS) is 1. The summed E-state index contributed by atoms with van der Waals surface area (Å²) in [6.45, 7) is 4.95. The van der Waals surface area contributed by atoms with Gasteiger partial charge in [-0.05, 0) is 31.5 Å². The summed E-state index contributed by atoms with van der Waals surface area (Å²) in [5, 5.41) is 9.94. The normalized spacial score (nSPS) is 10.6. The fourth-order valence-corrected chi connectivity index (χ4v) is 3.07. The number of anilines is 2. The summed E-state index contributed by atoms with van der Waals surface area (Å²) in [5.41, 5.74) is 2.63. The van der Waals surface area contributed by atoms with Crippen LogP contribution in [0.2, 0.25) is 0 Å². The van der Waals surface area contributed by atoms with Gasteiger partial charge in [0.15, 0.2) is 5.13 Å². The number of hydrogen-bond donors (Lipinski definition) is 1. The Morgan fingerprint density at radius 3 is 2.81 bits per heavy atom. The molecule has 0 aliphatic heterocycles. The first-order chi connectivity index (χ1) is 10.1. The third-order valence-corrected chi connectivity index (χ3v) is 4.13. The van der Waals surface area contributed by atoms with E-state index in [1.807, 2.05) is 36.9 Å². The van der Waals surface area contributed by atoms with Gasteiger partial charge in [0.05, 0.1) is 12.3 Å². The van der Waals surface area contributed by atoms with Crippen LogP contribution in [0.3, 0.4) is 0 Å². The van der Waals surface area contributed by atoms with Crippen LogP contribution in [-0.2, 0) is 11.3 Å².